The van der Waals surface area contributed by atoms with Crippen LogP contribution in [0.4, 0.5) is 5.69 Å². The maximum Gasteiger partial charge on any atom is 0.243 e. The predicted octanol–water partition coefficient (Wildman–Crippen LogP) is 4.65. The van der Waals surface area contributed by atoms with Crippen LogP contribution in [0.3, 0.4) is 0 Å². The quantitative estimate of drug-likeness (QED) is 0.655. The monoisotopic (exact) mass is 458 g/mol. The Kier molecular flexibility index (Phi) is 7.28. The van der Waals surface area contributed by atoms with Crippen LogP contribution in [0.2, 0.25) is 10.0 Å². The van der Waals surface area contributed by atoms with E-state index in [0.29, 0.717) is 34.6 Å². The van der Waals surface area contributed by atoms with E-state index >= 15 is 0 Å². The number of nitrogens with zero attached hydrogens (tertiary/aromatic N) is 1. The van der Waals surface area contributed by atoms with Crippen LogP contribution >= 0.6 is 35.0 Å². The Labute approximate surface area is 179 Å². The molecule has 1 aliphatic heterocycles. The fourth-order valence-electron chi connectivity index (χ4n) is 2.88. The molecule has 0 spiro atoms. The van der Waals surface area contributed by atoms with E-state index in [1.807, 2.05) is 6.07 Å². The summed E-state index contributed by atoms with van der Waals surface area (Å²) in [4.78, 5) is 12.4. The van der Waals surface area contributed by atoms with Crippen LogP contribution < -0.4 is 5.32 Å². The Morgan fingerprint density at radius 1 is 1.04 bits per heavy atom. The number of hydrogen-bond acceptors (Lipinski definition) is 4. The lowest BCUT2D eigenvalue weighted by molar-refractivity contribution is -0.113. The third-order valence-electron chi connectivity index (χ3n) is 4.33. The molecule has 0 aromatic heterocycles. The van der Waals surface area contributed by atoms with Crippen LogP contribution in [0.25, 0.3) is 0 Å². The van der Waals surface area contributed by atoms with Gasteiger partial charge >= 0.3 is 0 Å². The highest BCUT2D eigenvalue weighted by molar-refractivity contribution is 7.99. The molecule has 0 atom stereocenters. The van der Waals surface area contributed by atoms with E-state index in [1.54, 1.807) is 24.3 Å². The summed E-state index contributed by atoms with van der Waals surface area (Å²) in [6, 6.07) is 11.7. The van der Waals surface area contributed by atoms with Gasteiger partial charge in [0, 0.05) is 24.5 Å². The van der Waals surface area contributed by atoms with Crippen molar-refractivity contribution >= 4 is 56.6 Å². The fourth-order valence-corrected chi connectivity index (χ4v) is 5.49. The second-order valence-corrected chi connectivity index (χ2v) is 10.2. The van der Waals surface area contributed by atoms with Crippen molar-refractivity contribution in [3.05, 3.63) is 58.1 Å². The summed E-state index contributed by atoms with van der Waals surface area (Å²) in [5.74, 6) is 0.756. The van der Waals surface area contributed by atoms with E-state index in [4.69, 9.17) is 23.2 Å². The number of nitrogens with one attached hydrogen (secondary N) is 1. The molecule has 1 aliphatic rings. The van der Waals surface area contributed by atoms with Gasteiger partial charge in [0.15, 0.2) is 0 Å². The lowest BCUT2D eigenvalue weighted by Gasteiger charge is -2.15. The number of carbonyl (C=O) groups excluding carboxylic acids is 1. The van der Waals surface area contributed by atoms with Crippen LogP contribution in [-0.4, -0.2) is 37.5 Å². The maximum atomic E-state index is 12.5. The second kappa shape index (κ2) is 9.50. The van der Waals surface area contributed by atoms with Crippen LogP contribution in [0.15, 0.2) is 47.4 Å². The topological polar surface area (TPSA) is 66.5 Å². The van der Waals surface area contributed by atoms with E-state index in [2.05, 4.69) is 5.32 Å². The molecule has 1 saturated heterocycles. The number of amides is 1. The van der Waals surface area contributed by atoms with Crippen molar-refractivity contribution in [2.75, 3.05) is 24.2 Å². The minimum atomic E-state index is -3.44. The minimum Gasteiger partial charge on any atom is -0.325 e. The molecular formula is C19H20Cl2N2O3S2. The molecule has 28 heavy (non-hydrogen) atoms. The Hall–Kier alpha value is -1.25. The van der Waals surface area contributed by atoms with E-state index in [1.165, 1.54) is 28.2 Å². The number of rotatable bonds is 7. The van der Waals surface area contributed by atoms with Crippen molar-refractivity contribution in [1.82, 2.24) is 4.31 Å². The van der Waals surface area contributed by atoms with Gasteiger partial charge in [0.2, 0.25) is 15.9 Å². The van der Waals surface area contributed by atoms with Gasteiger partial charge in [-0.3, -0.25) is 4.79 Å². The van der Waals surface area contributed by atoms with Crippen LogP contribution in [0.5, 0.6) is 0 Å². The van der Waals surface area contributed by atoms with Gasteiger partial charge in [-0.15, -0.1) is 11.8 Å². The molecule has 2 aromatic carbocycles. The fraction of sp³-hybridized carbons (Fsp3) is 0.316. The maximum absolute atomic E-state index is 12.5. The molecule has 3 rings (SSSR count). The summed E-state index contributed by atoms with van der Waals surface area (Å²) < 4.78 is 26.5. The van der Waals surface area contributed by atoms with Gasteiger partial charge in [-0.05, 0) is 54.8 Å². The number of hydrogen-bond donors (Lipinski definition) is 1. The molecule has 1 heterocycles. The van der Waals surface area contributed by atoms with Gasteiger partial charge in [-0.1, -0.05) is 29.3 Å². The minimum absolute atomic E-state index is 0.153. The summed E-state index contributed by atoms with van der Waals surface area (Å²) in [5.41, 5.74) is 1.56. The van der Waals surface area contributed by atoms with Crippen LogP contribution in [-0.2, 0) is 20.6 Å². The second-order valence-electron chi connectivity index (χ2n) is 6.43. The molecule has 0 unspecified atom stereocenters. The number of anilines is 1. The van der Waals surface area contributed by atoms with Crippen molar-refractivity contribution < 1.29 is 13.2 Å². The number of thioether (sulfide) groups is 1. The molecule has 5 nitrogen and oxygen atoms in total. The molecule has 0 bridgehead atoms. The molecule has 1 N–H and O–H groups in total. The molecule has 9 heteroatoms. The zero-order chi connectivity index (χ0) is 20.1. The van der Waals surface area contributed by atoms with Gasteiger partial charge in [-0.25, -0.2) is 8.42 Å². The normalized spacial score (nSPS) is 14.9. The SMILES string of the molecule is O=C(CSCc1ccc(Cl)c(Cl)c1)Nc1ccc(S(=O)(=O)N2CCCC2)cc1. The summed E-state index contributed by atoms with van der Waals surface area (Å²) in [7, 11) is -3.44. The van der Waals surface area contributed by atoms with E-state index in [9.17, 15) is 13.2 Å². The molecule has 1 fully saturated rings. The molecular weight excluding hydrogens is 439 g/mol. The zero-order valence-corrected chi connectivity index (χ0v) is 18.2. The molecule has 1 amide bonds. The highest BCUT2D eigenvalue weighted by atomic mass is 35.5. The smallest absolute Gasteiger partial charge is 0.243 e. The third kappa shape index (κ3) is 5.42. The average Bonchev–Trinajstić information content (AvgIpc) is 3.21. The zero-order valence-electron chi connectivity index (χ0n) is 15.0. The molecule has 150 valence electrons. The van der Waals surface area contributed by atoms with E-state index in [-0.39, 0.29) is 16.6 Å². The van der Waals surface area contributed by atoms with Gasteiger partial charge in [0.1, 0.15) is 0 Å². The number of halogens is 2. The largest absolute Gasteiger partial charge is 0.325 e. The number of benzene rings is 2. The van der Waals surface area contributed by atoms with Gasteiger partial charge in [-0.2, -0.15) is 4.31 Å². The lowest BCUT2D eigenvalue weighted by Crippen LogP contribution is -2.27. The van der Waals surface area contributed by atoms with Crippen LogP contribution in [0.1, 0.15) is 18.4 Å². The Balaban J connectivity index is 1.50. The lowest BCUT2D eigenvalue weighted by atomic mass is 10.2. The molecule has 0 saturated carbocycles. The van der Waals surface area contributed by atoms with Crippen LogP contribution in [0, 0.1) is 0 Å². The van der Waals surface area contributed by atoms with Crippen molar-refractivity contribution in [1.29, 1.82) is 0 Å². The van der Waals surface area contributed by atoms with Gasteiger partial charge in [0.25, 0.3) is 0 Å². The van der Waals surface area contributed by atoms with Gasteiger partial charge in [0.05, 0.1) is 20.7 Å². The Morgan fingerprint density at radius 2 is 1.71 bits per heavy atom. The third-order valence-corrected chi connectivity index (χ3v) is 7.98. The predicted molar refractivity (Wildman–Crippen MR) is 116 cm³/mol. The summed E-state index contributed by atoms with van der Waals surface area (Å²) in [6.45, 7) is 1.13. The molecule has 0 radical (unpaired) electrons. The average molecular weight is 459 g/mol. The molecule has 2 aromatic rings. The van der Waals surface area contributed by atoms with Crippen molar-refractivity contribution in [2.24, 2.45) is 0 Å². The van der Waals surface area contributed by atoms with E-state index < -0.39 is 10.0 Å². The van der Waals surface area contributed by atoms with Crippen molar-refractivity contribution in [3.63, 3.8) is 0 Å². The first-order valence-corrected chi connectivity index (χ1v) is 12.1. The number of sulfonamides is 1. The van der Waals surface area contributed by atoms with Gasteiger partial charge < -0.3 is 5.32 Å². The summed E-state index contributed by atoms with van der Waals surface area (Å²) >= 11 is 13.3. The Morgan fingerprint density at radius 3 is 2.36 bits per heavy atom. The molecule has 0 aliphatic carbocycles. The van der Waals surface area contributed by atoms with Crippen molar-refractivity contribution in [3.8, 4) is 0 Å². The van der Waals surface area contributed by atoms with Crippen molar-refractivity contribution in [2.45, 2.75) is 23.5 Å². The Bertz CT molecular complexity index is 944. The highest BCUT2D eigenvalue weighted by Gasteiger charge is 2.26. The summed E-state index contributed by atoms with van der Waals surface area (Å²) in [6.07, 6.45) is 1.79. The first-order chi connectivity index (χ1) is 13.4. The first-order valence-electron chi connectivity index (χ1n) is 8.78. The number of carbonyl (C=O) groups is 1. The standard InChI is InChI=1S/C19H20Cl2N2O3S2/c20-17-8-3-14(11-18(17)21)12-27-13-19(24)22-15-4-6-16(7-5-15)28(25,26)23-9-1-2-10-23/h3-8,11H,1-2,9-10,12-13H2,(H,22,24). The first kappa shape index (κ1) is 21.5. The summed E-state index contributed by atoms with van der Waals surface area (Å²) in [5, 5.41) is 3.78. The van der Waals surface area contributed by atoms with E-state index in [0.717, 1.165) is 18.4 Å². The highest BCUT2D eigenvalue weighted by Crippen LogP contribution is 2.25.